The molecule has 0 bridgehead atoms. The lowest BCUT2D eigenvalue weighted by Gasteiger charge is -2.34. The van der Waals surface area contributed by atoms with Crippen LogP contribution in [0.4, 0.5) is 13.2 Å². The van der Waals surface area contributed by atoms with Crippen molar-refractivity contribution in [3.8, 4) is 5.88 Å². The lowest BCUT2D eigenvalue weighted by atomic mass is 10.0. The predicted molar refractivity (Wildman–Crippen MR) is 110 cm³/mol. The van der Waals surface area contributed by atoms with Crippen LogP contribution in [-0.2, 0) is 6.18 Å². The predicted octanol–water partition coefficient (Wildman–Crippen LogP) is 3.66. The van der Waals surface area contributed by atoms with Gasteiger partial charge in [0.15, 0.2) is 6.29 Å². The monoisotopic (exact) mass is 439 g/mol. The third-order valence-corrected chi connectivity index (χ3v) is 5.00. The van der Waals surface area contributed by atoms with Crippen molar-refractivity contribution >= 4 is 23.1 Å². The van der Waals surface area contributed by atoms with Crippen molar-refractivity contribution < 1.29 is 17.9 Å². The highest BCUT2D eigenvalue weighted by Crippen LogP contribution is 2.29. The summed E-state index contributed by atoms with van der Waals surface area (Å²) in [6.07, 6.45) is -2.32. The highest BCUT2D eigenvalue weighted by atomic mass is 35.5. The van der Waals surface area contributed by atoms with Crippen LogP contribution < -0.4 is 15.8 Å². The number of ether oxygens (including phenoxy) is 1. The van der Waals surface area contributed by atoms with Gasteiger partial charge in [-0.3, -0.25) is 10.7 Å². The molecular formula is C20H21ClF3N5O. The molecule has 1 aromatic heterocycles. The number of alkyl halides is 3. The van der Waals surface area contributed by atoms with Crippen molar-refractivity contribution in [2.75, 3.05) is 20.2 Å². The fourth-order valence-corrected chi connectivity index (χ4v) is 3.00. The molecule has 1 aliphatic heterocycles. The molecule has 0 aliphatic carbocycles. The van der Waals surface area contributed by atoms with E-state index < -0.39 is 18.0 Å². The van der Waals surface area contributed by atoms with Gasteiger partial charge in [0.1, 0.15) is 12.4 Å². The van der Waals surface area contributed by atoms with Crippen LogP contribution in [0.5, 0.6) is 5.88 Å². The van der Waals surface area contributed by atoms with Gasteiger partial charge >= 0.3 is 6.18 Å². The van der Waals surface area contributed by atoms with Gasteiger partial charge in [-0.25, -0.2) is 4.98 Å². The fraction of sp³-hybridized carbons (Fsp3) is 0.300. The molecule has 160 valence electrons. The first-order valence-electron chi connectivity index (χ1n) is 9.09. The molecule has 10 heteroatoms. The molecule has 1 atom stereocenters. The molecule has 6 nitrogen and oxygen atoms in total. The van der Waals surface area contributed by atoms with E-state index in [1.807, 2.05) is 31.2 Å². The summed E-state index contributed by atoms with van der Waals surface area (Å²) >= 11 is 6.22. The second kappa shape index (κ2) is 8.93. The van der Waals surface area contributed by atoms with Crippen LogP contribution >= 0.6 is 11.6 Å². The number of rotatable bonds is 5. The summed E-state index contributed by atoms with van der Waals surface area (Å²) in [5.74, 6) is 0.740. The Hall–Kier alpha value is -2.78. The molecular weight excluding hydrogens is 419 g/mol. The quantitative estimate of drug-likeness (QED) is 0.695. The number of halogens is 4. The van der Waals surface area contributed by atoms with Crippen LogP contribution in [0.25, 0.3) is 5.70 Å². The molecule has 2 aromatic rings. The topological polar surface area (TPSA) is 75.8 Å². The normalized spacial score (nSPS) is 18.2. The van der Waals surface area contributed by atoms with Gasteiger partial charge in [-0.15, -0.1) is 0 Å². The Morgan fingerprint density at radius 2 is 2.07 bits per heavy atom. The molecule has 1 unspecified atom stereocenters. The van der Waals surface area contributed by atoms with Gasteiger partial charge < -0.3 is 15.0 Å². The van der Waals surface area contributed by atoms with Gasteiger partial charge in [-0.1, -0.05) is 23.7 Å². The van der Waals surface area contributed by atoms with E-state index in [0.29, 0.717) is 10.9 Å². The number of hydrogen-bond acceptors (Lipinski definition) is 5. The largest absolute Gasteiger partial charge is 0.476 e. The molecule has 0 saturated carbocycles. The molecule has 30 heavy (non-hydrogen) atoms. The first kappa shape index (κ1) is 21.9. The van der Waals surface area contributed by atoms with Gasteiger partial charge in [0.2, 0.25) is 5.88 Å². The molecule has 0 fully saturated rings. The Balaban J connectivity index is 1.68. The van der Waals surface area contributed by atoms with Crippen LogP contribution in [0.3, 0.4) is 0 Å². The number of benzene rings is 1. The molecule has 1 aromatic carbocycles. The minimum absolute atomic E-state index is 0.101. The second-order valence-corrected chi connectivity index (χ2v) is 7.05. The lowest BCUT2D eigenvalue weighted by molar-refractivity contribution is -0.137. The summed E-state index contributed by atoms with van der Waals surface area (Å²) < 4.78 is 43.1. The SMILES string of the molecule is Cc1c(Cl)cccc1C1=CC(=NCCOc2ccc(C(F)(F)F)cn2)N(C)C(N)N1. The van der Waals surface area contributed by atoms with Crippen LogP contribution in [0.15, 0.2) is 47.6 Å². The standard InChI is InChI=1S/C20H21ClF3N5O/c1-12-14(4-3-5-15(12)21)16-10-17(29(2)19(25)28-16)26-8-9-30-18-7-6-13(11-27-18)20(22,23)24/h3-7,10-11,19,28H,8-9,25H2,1-2H3. The maximum atomic E-state index is 12.6. The number of hydrogen-bond donors (Lipinski definition) is 2. The van der Waals surface area contributed by atoms with E-state index in [9.17, 15) is 13.2 Å². The van der Waals surface area contributed by atoms with E-state index >= 15 is 0 Å². The van der Waals surface area contributed by atoms with Crippen molar-refractivity contribution in [1.82, 2.24) is 15.2 Å². The maximum Gasteiger partial charge on any atom is 0.417 e. The number of amidine groups is 1. The Kier molecular flexibility index (Phi) is 6.52. The number of aliphatic imine (C=N–C) groups is 1. The maximum absolute atomic E-state index is 12.6. The van der Waals surface area contributed by atoms with Gasteiger partial charge in [0, 0.05) is 41.7 Å². The first-order chi connectivity index (χ1) is 14.2. The van der Waals surface area contributed by atoms with E-state index in [4.69, 9.17) is 22.1 Å². The highest BCUT2D eigenvalue weighted by Gasteiger charge is 2.30. The molecule has 0 radical (unpaired) electrons. The zero-order valence-electron chi connectivity index (χ0n) is 16.4. The van der Waals surface area contributed by atoms with Gasteiger partial charge in [-0.2, -0.15) is 13.2 Å². The van der Waals surface area contributed by atoms with Crippen LogP contribution in [0, 0.1) is 6.92 Å². The number of likely N-dealkylation sites (N-methyl/N-ethyl adjacent to an activating group) is 1. The Morgan fingerprint density at radius 1 is 1.30 bits per heavy atom. The number of nitrogens with zero attached hydrogens (tertiary/aromatic N) is 3. The minimum atomic E-state index is -4.43. The van der Waals surface area contributed by atoms with Crippen molar-refractivity contribution in [3.63, 3.8) is 0 Å². The summed E-state index contributed by atoms with van der Waals surface area (Å²) in [5, 5.41) is 3.86. The second-order valence-electron chi connectivity index (χ2n) is 6.64. The lowest BCUT2D eigenvalue weighted by Crippen LogP contribution is -2.54. The molecule has 0 amide bonds. The van der Waals surface area contributed by atoms with Crippen LogP contribution in [-0.4, -0.2) is 42.2 Å². The fourth-order valence-electron chi connectivity index (χ4n) is 2.83. The summed E-state index contributed by atoms with van der Waals surface area (Å²) in [6.45, 7) is 2.34. The minimum Gasteiger partial charge on any atom is -0.476 e. The third kappa shape index (κ3) is 5.03. The first-order valence-corrected chi connectivity index (χ1v) is 9.47. The number of pyridine rings is 1. The summed E-state index contributed by atoms with van der Waals surface area (Å²) in [4.78, 5) is 9.93. The summed E-state index contributed by atoms with van der Waals surface area (Å²) in [6, 6.07) is 7.73. The van der Waals surface area contributed by atoms with E-state index in [1.54, 1.807) is 11.9 Å². The number of nitrogens with one attached hydrogen (secondary N) is 1. The Labute approximate surface area is 177 Å². The smallest absolute Gasteiger partial charge is 0.417 e. The van der Waals surface area contributed by atoms with E-state index in [-0.39, 0.29) is 19.0 Å². The molecule has 3 N–H and O–H groups in total. The zero-order valence-corrected chi connectivity index (χ0v) is 17.1. The van der Waals surface area contributed by atoms with Gasteiger partial charge in [0.05, 0.1) is 12.1 Å². The van der Waals surface area contributed by atoms with Crippen LogP contribution in [0.2, 0.25) is 5.02 Å². The Bertz CT molecular complexity index is 960. The summed E-state index contributed by atoms with van der Waals surface area (Å²) in [7, 11) is 1.80. The van der Waals surface area contributed by atoms with Crippen molar-refractivity contribution in [3.05, 3.63) is 64.3 Å². The average Bonchev–Trinajstić information content (AvgIpc) is 2.70. The molecule has 0 spiro atoms. The third-order valence-electron chi connectivity index (χ3n) is 4.59. The average molecular weight is 440 g/mol. The van der Waals surface area contributed by atoms with E-state index in [1.165, 1.54) is 6.07 Å². The number of nitrogens with two attached hydrogens (primary N) is 1. The Morgan fingerprint density at radius 3 is 2.73 bits per heavy atom. The van der Waals surface area contributed by atoms with E-state index in [2.05, 4.69) is 15.3 Å². The van der Waals surface area contributed by atoms with Crippen molar-refractivity contribution in [1.29, 1.82) is 0 Å². The van der Waals surface area contributed by atoms with E-state index in [0.717, 1.165) is 29.1 Å². The van der Waals surface area contributed by atoms with Gasteiger partial charge in [-0.05, 0) is 24.6 Å². The molecule has 2 heterocycles. The summed E-state index contributed by atoms with van der Waals surface area (Å²) in [5.41, 5.74) is 7.97. The van der Waals surface area contributed by atoms with Crippen molar-refractivity contribution in [2.24, 2.45) is 10.7 Å². The van der Waals surface area contributed by atoms with Gasteiger partial charge in [0.25, 0.3) is 0 Å². The molecule has 0 saturated heterocycles. The molecule has 3 rings (SSSR count). The number of aromatic nitrogens is 1. The van der Waals surface area contributed by atoms with Crippen molar-refractivity contribution in [2.45, 2.75) is 19.4 Å². The van der Waals surface area contributed by atoms with Crippen LogP contribution in [0.1, 0.15) is 16.7 Å². The molecule has 1 aliphatic rings. The zero-order chi connectivity index (χ0) is 21.9. The highest BCUT2D eigenvalue weighted by molar-refractivity contribution is 6.31.